The van der Waals surface area contributed by atoms with Crippen LogP contribution in [0.2, 0.25) is 0 Å². The quantitative estimate of drug-likeness (QED) is 0.684. The fourth-order valence-electron chi connectivity index (χ4n) is 3.81. The summed E-state index contributed by atoms with van der Waals surface area (Å²) in [4.78, 5) is 20.5. The van der Waals surface area contributed by atoms with Crippen molar-refractivity contribution in [3.8, 4) is 0 Å². The topological polar surface area (TPSA) is 62.8 Å². The molecule has 1 aromatic carbocycles. The lowest BCUT2D eigenvalue weighted by atomic mass is 10.1. The number of rotatable bonds is 6. The lowest BCUT2D eigenvalue weighted by Gasteiger charge is -2.37. The van der Waals surface area contributed by atoms with Gasteiger partial charge in [-0.25, -0.2) is 0 Å². The number of benzene rings is 1. The summed E-state index contributed by atoms with van der Waals surface area (Å²) in [6.45, 7) is 4.53. The molecule has 2 N–H and O–H groups in total. The van der Waals surface area contributed by atoms with Gasteiger partial charge in [0, 0.05) is 23.6 Å². The molecular weight excluding hydrogens is 352 g/mol. The normalized spacial score (nSPS) is 15.9. The van der Waals surface area contributed by atoms with E-state index < -0.39 is 0 Å². The number of hydrogen-bond donors (Lipinski definition) is 2. The SMILES string of the molecule is O=C(NCC(c1cccnc1)[NH+]1CCN(c2ccccc2)CC1)c1ccco1. The van der Waals surface area contributed by atoms with Gasteiger partial charge in [0.1, 0.15) is 6.04 Å². The zero-order chi connectivity index (χ0) is 19.2. The molecule has 1 saturated heterocycles. The van der Waals surface area contributed by atoms with Crippen LogP contribution in [0.15, 0.2) is 77.7 Å². The van der Waals surface area contributed by atoms with Crippen LogP contribution in [-0.2, 0) is 0 Å². The monoisotopic (exact) mass is 377 g/mol. The van der Waals surface area contributed by atoms with E-state index in [4.69, 9.17) is 4.42 Å². The number of anilines is 1. The average molecular weight is 377 g/mol. The number of carbonyl (C=O) groups excluding carboxylic acids is 1. The van der Waals surface area contributed by atoms with Crippen molar-refractivity contribution in [1.29, 1.82) is 0 Å². The molecule has 4 rings (SSSR count). The highest BCUT2D eigenvalue weighted by Crippen LogP contribution is 2.14. The number of amides is 1. The molecule has 1 aliphatic heterocycles. The molecule has 0 aliphatic carbocycles. The van der Waals surface area contributed by atoms with Crippen molar-refractivity contribution < 1.29 is 14.1 Å². The Labute approximate surface area is 164 Å². The van der Waals surface area contributed by atoms with E-state index in [1.807, 2.05) is 18.3 Å². The first-order valence-electron chi connectivity index (χ1n) is 9.67. The molecule has 0 bridgehead atoms. The van der Waals surface area contributed by atoms with Crippen LogP contribution in [0.25, 0.3) is 0 Å². The van der Waals surface area contributed by atoms with Crippen molar-refractivity contribution >= 4 is 11.6 Å². The number of aromatic nitrogens is 1. The van der Waals surface area contributed by atoms with Gasteiger partial charge in [-0.3, -0.25) is 9.78 Å². The van der Waals surface area contributed by atoms with Crippen LogP contribution in [0.5, 0.6) is 0 Å². The largest absolute Gasteiger partial charge is 0.459 e. The molecule has 1 fully saturated rings. The third-order valence-electron chi connectivity index (χ3n) is 5.32. The number of para-hydroxylation sites is 1. The van der Waals surface area contributed by atoms with Gasteiger partial charge in [0.2, 0.25) is 0 Å². The van der Waals surface area contributed by atoms with Crippen molar-refractivity contribution in [3.05, 3.63) is 84.6 Å². The minimum atomic E-state index is -0.179. The minimum Gasteiger partial charge on any atom is -0.459 e. The molecule has 6 nitrogen and oxygen atoms in total. The molecular formula is C22H25N4O2+. The fraction of sp³-hybridized carbons (Fsp3) is 0.273. The van der Waals surface area contributed by atoms with Crippen molar-refractivity contribution in [2.75, 3.05) is 37.6 Å². The smallest absolute Gasteiger partial charge is 0.287 e. The van der Waals surface area contributed by atoms with E-state index in [-0.39, 0.29) is 11.9 Å². The predicted molar refractivity (Wildman–Crippen MR) is 107 cm³/mol. The highest BCUT2D eigenvalue weighted by atomic mass is 16.3. The molecule has 1 atom stereocenters. The summed E-state index contributed by atoms with van der Waals surface area (Å²) >= 11 is 0. The zero-order valence-corrected chi connectivity index (χ0v) is 15.8. The van der Waals surface area contributed by atoms with Gasteiger partial charge in [-0.05, 0) is 36.4 Å². The van der Waals surface area contributed by atoms with E-state index in [9.17, 15) is 4.79 Å². The number of nitrogens with one attached hydrogen (secondary N) is 2. The zero-order valence-electron chi connectivity index (χ0n) is 15.8. The first-order valence-corrected chi connectivity index (χ1v) is 9.67. The molecule has 3 heterocycles. The highest BCUT2D eigenvalue weighted by molar-refractivity contribution is 5.91. The van der Waals surface area contributed by atoms with Gasteiger partial charge in [0.25, 0.3) is 5.91 Å². The first-order chi connectivity index (χ1) is 13.8. The first kappa shape index (κ1) is 18.3. The average Bonchev–Trinajstić information content (AvgIpc) is 3.31. The van der Waals surface area contributed by atoms with E-state index in [0.717, 1.165) is 31.7 Å². The Morgan fingerprint density at radius 2 is 1.93 bits per heavy atom. The number of pyridine rings is 1. The number of furan rings is 1. The van der Waals surface area contributed by atoms with Crippen molar-refractivity contribution in [3.63, 3.8) is 0 Å². The summed E-state index contributed by atoms with van der Waals surface area (Å²) in [6.07, 6.45) is 5.20. The van der Waals surface area contributed by atoms with Gasteiger partial charge < -0.3 is 19.5 Å². The Kier molecular flexibility index (Phi) is 5.68. The minimum absolute atomic E-state index is 0.158. The van der Waals surface area contributed by atoms with Crippen LogP contribution in [0.3, 0.4) is 0 Å². The maximum atomic E-state index is 12.3. The Morgan fingerprint density at radius 1 is 1.11 bits per heavy atom. The maximum Gasteiger partial charge on any atom is 0.287 e. The maximum absolute atomic E-state index is 12.3. The van der Waals surface area contributed by atoms with Gasteiger partial charge >= 0.3 is 0 Å². The molecule has 1 unspecified atom stereocenters. The van der Waals surface area contributed by atoms with Crippen LogP contribution in [0.1, 0.15) is 22.2 Å². The van der Waals surface area contributed by atoms with Crippen LogP contribution in [0, 0.1) is 0 Å². The van der Waals surface area contributed by atoms with Crippen molar-refractivity contribution in [1.82, 2.24) is 10.3 Å². The molecule has 3 aromatic rings. The van der Waals surface area contributed by atoms with Gasteiger partial charge in [-0.15, -0.1) is 0 Å². The Hall–Kier alpha value is -3.12. The summed E-state index contributed by atoms with van der Waals surface area (Å²) in [5.41, 5.74) is 2.41. The molecule has 0 saturated carbocycles. The van der Waals surface area contributed by atoms with Crippen molar-refractivity contribution in [2.24, 2.45) is 0 Å². The molecule has 2 aromatic heterocycles. The van der Waals surface area contributed by atoms with Crippen LogP contribution in [0.4, 0.5) is 5.69 Å². The molecule has 28 heavy (non-hydrogen) atoms. The van der Waals surface area contributed by atoms with E-state index >= 15 is 0 Å². The molecule has 6 heteroatoms. The lowest BCUT2D eigenvalue weighted by molar-refractivity contribution is -0.931. The fourth-order valence-corrected chi connectivity index (χ4v) is 3.81. The molecule has 144 valence electrons. The summed E-state index contributed by atoms with van der Waals surface area (Å²) < 4.78 is 5.20. The number of hydrogen-bond acceptors (Lipinski definition) is 4. The third kappa shape index (κ3) is 4.23. The van der Waals surface area contributed by atoms with Gasteiger partial charge in [-0.1, -0.05) is 18.2 Å². The summed E-state index contributed by atoms with van der Waals surface area (Å²) in [5, 5.41) is 3.03. The Morgan fingerprint density at radius 3 is 2.61 bits per heavy atom. The Bertz CT molecular complexity index is 860. The van der Waals surface area contributed by atoms with Crippen LogP contribution >= 0.6 is 0 Å². The lowest BCUT2D eigenvalue weighted by Crippen LogP contribution is -3.15. The second-order valence-corrected chi connectivity index (χ2v) is 7.01. The van der Waals surface area contributed by atoms with Gasteiger partial charge in [0.05, 0.1) is 39.0 Å². The standard InChI is InChI=1S/C22H24N4O2/c27-22(21-9-5-15-28-21)24-17-20(18-6-4-10-23-16-18)26-13-11-25(12-14-26)19-7-2-1-3-8-19/h1-10,15-16,20H,11-14,17H2,(H,24,27)/p+1. The third-order valence-corrected chi connectivity index (χ3v) is 5.32. The van der Waals surface area contributed by atoms with Crippen LogP contribution < -0.4 is 15.1 Å². The molecule has 0 radical (unpaired) electrons. The van der Waals surface area contributed by atoms with E-state index in [0.29, 0.717) is 12.3 Å². The van der Waals surface area contributed by atoms with Gasteiger partial charge in [0.15, 0.2) is 5.76 Å². The Balaban J connectivity index is 1.43. The molecule has 1 amide bonds. The number of nitrogens with zero attached hydrogens (tertiary/aromatic N) is 2. The van der Waals surface area contributed by atoms with E-state index in [2.05, 4.69) is 45.5 Å². The molecule has 1 aliphatic rings. The van der Waals surface area contributed by atoms with E-state index in [1.165, 1.54) is 16.9 Å². The van der Waals surface area contributed by atoms with Crippen molar-refractivity contribution in [2.45, 2.75) is 6.04 Å². The number of quaternary nitrogens is 1. The second kappa shape index (κ2) is 8.71. The summed E-state index contributed by atoms with van der Waals surface area (Å²) in [6, 6.07) is 18.1. The summed E-state index contributed by atoms with van der Waals surface area (Å²) in [5.74, 6) is 0.162. The van der Waals surface area contributed by atoms with E-state index in [1.54, 1.807) is 18.3 Å². The highest BCUT2D eigenvalue weighted by Gasteiger charge is 2.29. The number of carbonyl (C=O) groups is 1. The summed E-state index contributed by atoms with van der Waals surface area (Å²) in [7, 11) is 0. The second-order valence-electron chi connectivity index (χ2n) is 7.01. The molecule has 0 spiro atoms. The van der Waals surface area contributed by atoms with Gasteiger partial charge in [-0.2, -0.15) is 0 Å². The van der Waals surface area contributed by atoms with Crippen LogP contribution in [-0.4, -0.2) is 43.6 Å². The predicted octanol–water partition coefficient (Wildman–Crippen LogP) is 1.55. The number of piperazine rings is 1.